The van der Waals surface area contributed by atoms with Gasteiger partial charge in [-0.1, -0.05) is 17.4 Å². The highest BCUT2D eigenvalue weighted by atomic mass is 32.1. The predicted molar refractivity (Wildman–Crippen MR) is 76.4 cm³/mol. The van der Waals surface area contributed by atoms with Crippen LogP contribution < -0.4 is 5.73 Å². The first-order valence-electron chi connectivity index (χ1n) is 6.09. The molecule has 1 aromatic heterocycles. The first kappa shape index (κ1) is 16.5. The number of methoxy groups -OCH3 is 2. The van der Waals surface area contributed by atoms with Crippen LogP contribution in [0.1, 0.15) is 22.7 Å². The van der Waals surface area contributed by atoms with Crippen LogP contribution >= 0.6 is 12.2 Å². The molecule has 2 N–H and O–H groups in total. The van der Waals surface area contributed by atoms with Gasteiger partial charge in [0.05, 0.1) is 11.6 Å². The van der Waals surface area contributed by atoms with Crippen LogP contribution in [0.3, 0.4) is 0 Å². The van der Waals surface area contributed by atoms with E-state index in [-0.39, 0.29) is 18.2 Å². The zero-order chi connectivity index (χ0) is 15.0. The Labute approximate surface area is 123 Å². The van der Waals surface area contributed by atoms with Crippen molar-refractivity contribution < 1.29 is 18.8 Å². The molecule has 0 aliphatic heterocycles. The fraction of sp³-hybridized carbons (Fsp3) is 0.583. The molecule has 0 spiro atoms. The van der Waals surface area contributed by atoms with Gasteiger partial charge < -0.3 is 24.6 Å². The van der Waals surface area contributed by atoms with Crippen molar-refractivity contribution in [1.29, 1.82) is 0 Å². The number of thiocarbonyl (C=S) groups is 1. The smallest absolute Gasteiger partial charge is 0.276 e. The number of hydrogen-bond acceptors (Lipinski definition) is 6. The van der Waals surface area contributed by atoms with E-state index in [1.54, 1.807) is 18.1 Å². The molecule has 0 atom stereocenters. The Kier molecular flexibility index (Phi) is 7.13. The predicted octanol–water partition coefficient (Wildman–Crippen LogP) is 0.586. The standard InChI is InChI=1S/C12H19N3O4S/c1-17-6-5-15(4-3-11(13)20)12(16)10-7-9(8-18-2)19-14-10/h7H,3-6,8H2,1-2H3,(H2,13,20). The van der Waals surface area contributed by atoms with Crippen LogP contribution in [-0.4, -0.2) is 54.9 Å². The lowest BCUT2D eigenvalue weighted by Gasteiger charge is -2.20. The Balaban J connectivity index is 2.71. The Morgan fingerprint density at radius 2 is 2.20 bits per heavy atom. The molecule has 0 saturated carbocycles. The number of carbonyl (C=O) groups excluding carboxylic acids is 1. The summed E-state index contributed by atoms with van der Waals surface area (Å²) in [6.45, 7) is 1.55. The minimum atomic E-state index is -0.246. The van der Waals surface area contributed by atoms with Crippen molar-refractivity contribution in [1.82, 2.24) is 10.1 Å². The van der Waals surface area contributed by atoms with E-state index in [0.717, 1.165) is 0 Å². The number of nitrogens with zero attached hydrogens (tertiary/aromatic N) is 2. The van der Waals surface area contributed by atoms with E-state index < -0.39 is 0 Å². The van der Waals surface area contributed by atoms with Crippen LogP contribution in [0.5, 0.6) is 0 Å². The Bertz CT molecular complexity index is 450. The summed E-state index contributed by atoms with van der Waals surface area (Å²) in [5, 5.41) is 3.74. The maximum Gasteiger partial charge on any atom is 0.276 e. The van der Waals surface area contributed by atoms with E-state index in [4.69, 9.17) is 31.9 Å². The van der Waals surface area contributed by atoms with Gasteiger partial charge in [-0.3, -0.25) is 4.79 Å². The largest absolute Gasteiger partial charge is 0.393 e. The lowest BCUT2D eigenvalue weighted by atomic mass is 10.3. The maximum atomic E-state index is 12.3. The highest BCUT2D eigenvalue weighted by molar-refractivity contribution is 7.80. The first-order chi connectivity index (χ1) is 9.58. The van der Waals surface area contributed by atoms with Crippen molar-refractivity contribution in [3.8, 4) is 0 Å². The number of ether oxygens (including phenoxy) is 2. The van der Waals surface area contributed by atoms with Crippen molar-refractivity contribution >= 4 is 23.1 Å². The number of nitrogens with two attached hydrogens (primary N) is 1. The van der Waals surface area contributed by atoms with Crippen LogP contribution in [-0.2, 0) is 16.1 Å². The highest BCUT2D eigenvalue weighted by Gasteiger charge is 2.19. The van der Waals surface area contributed by atoms with E-state index >= 15 is 0 Å². The van der Waals surface area contributed by atoms with Gasteiger partial charge >= 0.3 is 0 Å². The molecule has 20 heavy (non-hydrogen) atoms. The van der Waals surface area contributed by atoms with Crippen LogP contribution in [0.15, 0.2) is 10.6 Å². The number of carbonyl (C=O) groups is 1. The van der Waals surface area contributed by atoms with Gasteiger partial charge in [-0.15, -0.1) is 0 Å². The summed E-state index contributed by atoms with van der Waals surface area (Å²) < 4.78 is 14.9. The third-order valence-corrected chi connectivity index (χ3v) is 2.75. The van der Waals surface area contributed by atoms with Gasteiger partial charge in [0.1, 0.15) is 6.61 Å². The van der Waals surface area contributed by atoms with E-state index in [1.165, 1.54) is 7.11 Å². The van der Waals surface area contributed by atoms with Crippen LogP contribution in [0, 0.1) is 0 Å². The highest BCUT2D eigenvalue weighted by Crippen LogP contribution is 2.08. The van der Waals surface area contributed by atoms with E-state index in [1.807, 2.05) is 0 Å². The summed E-state index contributed by atoms with van der Waals surface area (Å²) in [5.74, 6) is 0.251. The summed E-state index contributed by atoms with van der Waals surface area (Å²) in [6, 6.07) is 1.56. The summed E-state index contributed by atoms with van der Waals surface area (Å²) in [7, 11) is 3.11. The van der Waals surface area contributed by atoms with Crippen LogP contribution in [0.4, 0.5) is 0 Å². The number of rotatable bonds is 9. The van der Waals surface area contributed by atoms with E-state index in [2.05, 4.69) is 5.16 Å². The molecule has 0 fully saturated rings. The third kappa shape index (κ3) is 5.24. The van der Waals surface area contributed by atoms with Gasteiger partial charge in [-0.05, 0) is 0 Å². The molecule has 1 heterocycles. The molecule has 112 valence electrons. The Morgan fingerprint density at radius 1 is 1.45 bits per heavy atom. The van der Waals surface area contributed by atoms with Crippen molar-refractivity contribution in [2.75, 3.05) is 33.9 Å². The van der Waals surface area contributed by atoms with Gasteiger partial charge in [-0.2, -0.15) is 0 Å². The Hall–Kier alpha value is -1.51. The molecule has 1 aromatic rings. The second kappa shape index (κ2) is 8.62. The lowest BCUT2D eigenvalue weighted by Crippen LogP contribution is -2.36. The van der Waals surface area contributed by atoms with Crippen molar-refractivity contribution in [3.63, 3.8) is 0 Å². The lowest BCUT2D eigenvalue weighted by molar-refractivity contribution is 0.0690. The molecule has 0 aliphatic rings. The molecule has 8 heteroatoms. The maximum absolute atomic E-state index is 12.3. The van der Waals surface area contributed by atoms with Gasteiger partial charge in [0, 0.05) is 39.8 Å². The topological polar surface area (TPSA) is 90.8 Å². The average Bonchev–Trinajstić information content (AvgIpc) is 2.87. The summed E-state index contributed by atoms with van der Waals surface area (Å²) in [4.78, 5) is 14.2. The summed E-state index contributed by atoms with van der Waals surface area (Å²) in [5.41, 5.74) is 5.70. The van der Waals surface area contributed by atoms with Gasteiger partial charge in [0.25, 0.3) is 5.91 Å². The molecule has 0 saturated heterocycles. The molecular weight excluding hydrogens is 282 g/mol. The molecule has 0 unspecified atom stereocenters. The fourth-order valence-electron chi connectivity index (χ4n) is 1.55. The molecule has 0 aromatic carbocycles. The third-order valence-electron chi connectivity index (χ3n) is 2.55. The monoisotopic (exact) mass is 301 g/mol. The average molecular weight is 301 g/mol. The van der Waals surface area contributed by atoms with Gasteiger partial charge in [0.15, 0.2) is 11.5 Å². The molecular formula is C12H19N3O4S. The van der Waals surface area contributed by atoms with E-state index in [0.29, 0.717) is 36.9 Å². The van der Waals surface area contributed by atoms with Crippen molar-refractivity contribution in [2.45, 2.75) is 13.0 Å². The quantitative estimate of drug-likeness (QED) is 0.667. The summed E-state index contributed by atoms with van der Waals surface area (Å²) >= 11 is 4.83. The first-order valence-corrected chi connectivity index (χ1v) is 6.50. The van der Waals surface area contributed by atoms with Gasteiger partial charge in [-0.25, -0.2) is 0 Å². The van der Waals surface area contributed by atoms with Crippen LogP contribution in [0.25, 0.3) is 0 Å². The zero-order valence-corrected chi connectivity index (χ0v) is 12.4. The van der Waals surface area contributed by atoms with Gasteiger partial charge in [0.2, 0.25) is 0 Å². The Morgan fingerprint density at radius 3 is 2.80 bits per heavy atom. The number of aromatic nitrogens is 1. The van der Waals surface area contributed by atoms with Crippen molar-refractivity contribution in [3.05, 3.63) is 17.5 Å². The SMILES string of the molecule is COCCN(CCC(N)=S)C(=O)c1cc(COC)on1. The summed E-state index contributed by atoms with van der Waals surface area (Å²) in [6.07, 6.45) is 0.452. The number of amides is 1. The van der Waals surface area contributed by atoms with E-state index in [9.17, 15) is 4.79 Å². The fourth-order valence-corrected chi connectivity index (χ4v) is 1.64. The molecule has 0 bridgehead atoms. The normalized spacial score (nSPS) is 10.5. The number of hydrogen-bond donors (Lipinski definition) is 1. The molecule has 1 amide bonds. The van der Waals surface area contributed by atoms with Crippen molar-refractivity contribution in [2.24, 2.45) is 5.73 Å². The molecule has 1 rings (SSSR count). The minimum absolute atomic E-state index is 0.232. The second-order valence-electron chi connectivity index (χ2n) is 4.11. The molecule has 0 radical (unpaired) electrons. The zero-order valence-electron chi connectivity index (χ0n) is 11.6. The molecule has 0 aliphatic carbocycles. The second-order valence-corrected chi connectivity index (χ2v) is 4.64. The minimum Gasteiger partial charge on any atom is -0.393 e. The molecule has 7 nitrogen and oxygen atoms in total. The van der Waals surface area contributed by atoms with Crippen LogP contribution in [0.2, 0.25) is 0 Å².